The van der Waals surface area contributed by atoms with Gasteiger partial charge in [0.1, 0.15) is 0 Å². The lowest BCUT2D eigenvalue weighted by molar-refractivity contribution is -0.137. The number of hydrogen-bond donors (Lipinski definition) is 1. The summed E-state index contributed by atoms with van der Waals surface area (Å²) in [6.45, 7) is 0.748. The topological polar surface area (TPSA) is 47.3 Å². The first-order valence-corrected chi connectivity index (χ1v) is 7.32. The van der Waals surface area contributed by atoms with Gasteiger partial charge in [0.25, 0.3) is 0 Å². The predicted octanol–water partition coefficient (Wildman–Crippen LogP) is 3.74. The lowest BCUT2D eigenvalue weighted by Gasteiger charge is -2.21. The van der Waals surface area contributed by atoms with Crippen molar-refractivity contribution in [1.29, 1.82) is 5.26 Å². The van der Waals surface area contributed by atoms with Gasteiger partial charge in [0.15, 0.2) is 0 Å². The minimum atomic E-state index is -4.34. The van der Waals surface area contributed by atoms with Crippen molar-refractivity contribution < 1.29 is 18.3 Å². The second kappa shape index (κ2) is 7.47. The summed E-state index contributed by atoms with van der Waals surface area (Å²) in [6, 6.07) is 13.6. The lowest BCUT2D eigenvalue weighted by Crippen LogP contribution is -2.24. The first kappa shape index (κ1) is 18.0. The quantitative estimate of drug-likeness (QED) is 0.906. The molecular weight excluding hydrogens is 317 g/mol. The number of hydrogen-bond acceptors (Lipinski definition) is 3. The molecule has 0 saturated heterocycles. The van der Waals surface area contributed by atoms with Gasteiger partial charge < -0.3 is 5.11 Å². The van der Waals surface area contributed by atoms with E-state index in [0.29, 0.717) is 24.2 Å². The molecule has 24 heavy (non-hydrogen) atoms. The van der Waals surface area contributed by atoms with Crippen molar-refractivity contribution in [2.24, 2.45) is 0 Å². The second-order valence-electron chi connectivity index (χ2n) is 5.64. The number of aliphatic hydroxyl groups is 1. The molecular formula is C18H17F3N2O. The molecule has 6 heteroatoms. The molecule has 0 bridgehead atoms. The summed E-state index contributed by atoms with van der Waals surface area (Å²) in [5.41, 5.74) is 1.27. The highest BCUT2D eigenvalue weighted by atomic mass is 19.4. The smallest absolute Gasteiger partial charge is 0.387 e. The zero-order chi connectivity index (χ0) is 17.7. The molecule has 1 atom stereocenters. The summed E-state index contributed by atoms with van der Waals surface area (Å²) in [4.78, 5) is 1.82. The maximum Gasteiger partial charge on any atom is 0.416 e. The van der Waals surface area contributed by atoms with E-state index < -0.39 is 17.8 Å². The summed E-state index contributed by atoms with van der Waals surface area (Å²) in [5.74, 6) is 0. The molecule has 0 amide bonds. The van der Waals surface area contributed by atoms with Gasteiger partial charge in [0.05, 0.1) is 23.3 Å². The van der Waals surface area contributed by atoms with Crippen LogP contribution >= 0.6 is 0 Å². The summed E-state index contributed by atoms with van der Waals surface area (Å²) in [5, 5.41) is 19.0. The second-order valence-corrected chi connectivity index (χ2v) is 5.64. The Bertz CT molecular complexity index is 703. The number of nitriles is 1. The highest BCUT2D eigenvalue weighted by molar-refractivity contribution is 5.32. The average Bonchev–Trinajstić information content (AvgIpc) is 2.54. The molecule has 0 aliphatic heterocycles. The molecule has 0 aliphatic rings. The number of aliphatic hydroxyl groups excluding tert-OH is 1. The molecule has 1 N–H and O–H groups in total. The third-order valence-corrected chi connectivity index (χ3v) is 3.64. The average molecular weight is 334 g/mol. The van der Waals surface area contributed by atoms with Gasteiger partial charge in [-0.2, -0.15) is 18.4 Å². The summed E-state index contributed by atoms with van der Waals surface area (Å²) >= 11 is 0. The van der Waals surface area contributed by atoms with Gasteiger partial charge in [-0.3, -0.25) is 4.90 Å². The minimum Gasteiger partial charge on any atom is -0.387 e. The number of halogens is 3. The van der Waals surface area contributed by atoms with Gasteiger partial charge in [-0.1, -0.05) is 24.3 Å². The van der Waals surface area contributed by atoms with E-state index in [4.69, 9.17) is 5.26 Å². The van der Waals surface area contributed by atoms with Crippen molar-refractivity contribution in [1.82, 2.24) is 4.90 Å². The van der Waals surface area contributed by atoms with Crippen LogP contribution in [-0.4, -0.2) is 23.6 Å². The highest BCUT2D eigenvalue weighted by Gasteiger charge is 2.29. The maximum atomic E-state index is 12.5. The zero-order valence-corrected chi connectivity index (χ0v) is 13.1. The van der Waals surface area contributed by atoms with E-state index in [2.05, 4.69) is 0 Å². The molecule has 0 radical (unpaired) electrons. The van der Waals surface area contributed by atoms with E-state index in [1.165, 1.54) is 12.1 Å². The Hall–Kier alpha value is -2.36. The fraction of sp³-hybridized carbons (Fsp3) is 0.278. The van der Waals surface area contributed by atoms with Crippen molar-refractivity contribution in [2.75, 3.05) is 13.6 Å². The van der Waals surface area contributed by atoms with Crippen molar-refractivity contribution >= 4 is 0 Å². The van der Waals surface area contributed by atoms with E-state index in [9.17, 15) is 18.3 Å². The molecule has 3 nitrogen and oxygen atoms in total. The first-order valence-electron chi connectivity index (χ1n) is 7.32. The number of likely N-dealkylation sites (N-methyl/N-ethyl adjacent to an activating group) is 1. The first-order chi connectivity index (χ1) is 11.3. The Balaban J connectivity index is 1.94. The van der Waals surface area contributed by atoms with Gasteiger partial charge in [-0.15, -0.1) is 0 Å². The molecule has 0 fully saturated rings. The Kier molecular flexibility index (Phi) is 5.60. The van der Waals surface area contributed by atoms with E-state index >= 15 is 0 Å². The summed E-state index contributed by atoms with van der Waals surface area (Å²) < 4.78 is 37.6. The van der Waals surface area contributed by atoms with E-state index in [1.807, 2.05) is 11.0 Å². The number of alkyl halides is 3. The summed E-state index contributed by atoms with van der Waals surface area (Å²) in [7, 11) is 1.78. The number of rotatable bonds is 5. The molecule has 0 aromatic heterocycles. The van der Waals surface area contributed by atoms with Crippen LogP contribution in [0, 0.1) is 11.3 Å². The van der Waals surface area contributed by atoms with Crippen molar-refractivity contribution in [2.45, 2.75) is 18.8 Å². The third-order valence-electron chi connectivity index (χ3n) is 3.64. The molecule has 1 unspecified atom stereocenters. The lowest BCUT2D eigenvalue weighted by atomic mass is 10.1. The van der Waals surface area contributed by atoms with Crippen LogP contribution in [0.4, 0.5) is 13.2 Å². The SMILES string of the molecule is CN(Cc1ccc(C(F)(F)F)cc1)CC(O)c1ccc(C#N)cc1. The van der Waals surface area contributed by atoms with Gasteiger partial charge in [0, 0.05) is 13.1 Å². The number of nitrogens with zero attached hydrogens (tertiary/aromatic N) is 2. The van der Waals surface area contributed by atoms with Crippen LogP contribution in [0.5, 0.6) is 0 Å². The molecule has 2 rings (SSSR count). The molecule has 0 spiro atoms. The van der Waals surface area contributed by atoms with Crippen LogP contribution in [0.3, 0.4) is 0 Å². The molecule has 2 aromatic rings. The van der Waals surface area contributed by atoms with E-state index in [1.54, 1.807) is 31.3 Å². The maximum absolute atomic E-state index is 12.5. The molecule has 126 valence electrons. The fourth-order valence-electron chi connectivity index (χ4n) is 2.36. The van der Waals surface area contributed by atoms with Gasteiger partial charge in [0.2, 0.25) is 0 Å². The van der Waals surface area contributed by atoms with Crippen LogP contribution in [-0.2, 0) is 12.7 Å². The Morgan fingerprint density at radius 1 is 1.08 bits per heavy atom. The Morgan fingerprint density at radius 2 is 1.67 bits per heavy atom. The largest absolute Gasteiger partial charge is 0.416 e. The van der Waals surface area contributed by atoms with E-state index in [0.717, 1.165) is 17.7 Å². The fourth-order valence-corrected chi connectivity index (χ4v) is 2.36. The van der Waals surface area contributed by atoms with Crippen molar-refractivity contribution in [3.63, 3.8) is 0 Å². The predicted molar refractivity (Wildman–Crippen MR) is 83.9 cm³/mol. The normalized spacial score (nSPS) is 12.9. The third kappa shape index (κ3) is 4.82. The Morgan fingerprint density at radius 3 is 2.17 bits per heavy atom. The van der Waals surface area contributed by atoms with Crippen molar-refractivity contribution in [3.8, 4) is 6.07 Å². The highest BCUT2D eigenvalue weighted by Crippen LogP contribution is 2.29. The van der Waals surface area contributed by atoms with Crippen LogP contribution in [0.25, 0.3) is 0 Å². The van der Waals surface area contributed by atoms with Gasteiger partial charge in [-0.05, 0) is 42.4 Å². The Labute approximate surface area is 138 Å². The molecule has 0 aliphatic carbocycles. The minimum absolute atomic E-state index is 0.326. The van der Waals surface area contributed by atoms with Crippen LogP contribution < -0.4 is 0 Å². The molecule has 0 heterocycles. The molecule has 0 saturated carbocycles. The van der Waals surface area contributed by atoms with Crippen LogP contribution in [0.1, 0.15) is 28.4 Å². The van der Waals surface area contributed by atoms with Gasteiger partial charge >= 0.3 is 6.18 Å². The van der Waals surface area contributed by atoms with Crippen molar-refractivity contribution in [3.05, 3.63) is 70.8 Å². The van der Waals surface area contributed by atoms with Gasteiger partial charge in [-0.25, -0.2) is 0 Å². The standard InChI is InChI=1S/C18H17F3N2O/c1-23(11-14-4-8-16(9-5-14)18(19,20)21)12-17(24)15-6-2-13(10-22)3-7-15/h2-9,17,24H,11-12H2,1H3. The van der Waals surface area contributed by atoms with Crippen LogP contribution in [0.2, 0.25) is 0 Å². The zero-order valence-electron chi connectivity index (χ0n) is 13.1. The summed E-state index contributed by atoms with van der Waals surface area (Å²) in [6.07, 6.45) is -5.08. The number of benzene rings is 2. The van der Waals surface area contributed by atoms with E-state index in [-0.39, 0.29) is 0 Å². The molecule has 2 aromatic carbocycles. The van der Waals surface area contributed by atoms with Crippen LogP contribution in [0.15, 0.2) is 48.5 Å². The monoisotopic (exact) mass is 334 g/mol.